The van der Waals surface area contributed by atoms with Crippen LogP contribution in [0, 0.1) is 0 Å². The van der Waals surface area contributed by atoms with E-state index in [2.05, 4.69) is 15.3 Å². The quantitative estimate of drug-likeness (QED) is 0.635. The van der Waals surface area contributed by atoms with E-state index in [-0.39, 0.29) is 12.5 Å². The van der Waals surface area contributed by atoms with E-state index < -0.39 is 6.04 Å². The minimum Gasteiger partial charge on any atom is -0.496 e. The molecule has 1 saturated heterocycles. The third-order valence-electron chi connectivity index (χ3n) is 4.52. The topological polar surface area (TPSA) is 83.8 Å². The van der Waals surface area contributed by atoms with Gasteiger partial charge in [0.25, 0.3) is 5.91 Å². The van der Waals surface area contributed by atoms with Gasteiger partial charge in [-0.1, -0.05) is 36.4 Å². The number of pyridine rings is 1. The van der Waals surface area contributed by atoms with Gasteiger partial charge in [0.15, 0.2) is 5.17 Å². The smallest absolute Gasteiger partial charge is 0.264 e. The molecule has 1 aliphatic heterocycles. The Labute approximate surface area is 172 Å². The molecule has 7 heteroatoms. The summed E-state index contributed by atoms with van der Waals surface area (Å²) in [6.45, 7) is -0.138. The highest BCUT2D eigenvalue weighted by molar-refractivity contribution is 8.18. The number of hydrogen-bond donors (Lipinski definition) is 2. The molecule has 2 aromatic carbocycles. The zero-order valence-corrected chi connectivity index (χ0v) is 16.5. The Morgan fingerprint density at radius 3 is 2.83 bits per heavy atom. The van der Waals surface area contributed by atoms with Crippen LogP contribution in [0.5, 0.6) is 5.75 Å². The van der Waals surface area contributed by atoms with Gasteiger partial charge in [-0.05, 0) is 47.2 Å². The predicted molar refractivity (Wildman–Crippen MR) is 116 cm³/mol. The van der Waals surface area contributed by atoms with E-state index in [4.69, 9.17) is 4.74 Å². The Kier molecular flexibility index (Phi) is 5.59. The molecular formula is C22H19N3O3S. The minimum absolute atomic E-state index is 0.138. The summed E-state index contributed by atoms with van der Waals surface area (Å²) < 4.78 is 5.40. The average Bonchev–Trinajstić information content (AvgIpc) is 3.10. The number of benzene rings is 2. The maximum atomic E-state index is 12.4. The molecule has 1 aliphatic rings. The summed E-state index contributed by atoms with van der Waals surface area (Å²) in [6.07, 6.45) is 3.51. The number of methoxy groups -OCH3 is 1. The Hall–Kier alpha value is -3.16. The first-order valence-electron chi connectivity index (χ1n) is 9.05. The summed E-state index contributed by atoms with van der Waals surface area (Å²) in [4.78, 5) is 21.8. The molecule has 1 aromatic heterocycles. The van der Waals surface area contributed by atoms with Crippen LogP contribution in [0.25, 0.3) is 17.0 Å². The third-order valence-corrected chi connectivity index (χ3v) is 5.45. The Balaban J connectivity index is 1.61. The molecule has 1 amide bonds. The van der Waals surface area contributed by atoms with Crippen molar-refractivity contribution < 1.29 is 14.6 Å². The van der Waals surface area contributed by atoms with Crippen molar-refractivity contribution in [1.29, 1.82) is 0 Å². The monoisotopic (exact) mass is 405 g/mol. The number of amides is 1. The Morgan fingerprint density at radius 1 is 1.24 bits per heavy atom. The molecule has 2 heterocycles. The molecule has 3 aromatic rings. The van der Waals surface area contributed by atoms with E-state index in [1.165, 1.54) is 11.8 Å². The first kappa shape index (κ1) is 19.2. The van der Waals surface area contributed by atoms with Crippen LogP contribution in [0.2, 0.25) is 0 Å². The summed E-state index contributed by atoms with van der Waals surface area (Å²) in [6, 6.07) is 16.6. The van der Waals surface area contributed by atoms with Crippen LogP contribution >= 0.6 is 11.8 Å². The van der Waals surface area contributed by atoms with Crippen molar-refractivity contribution >= 4 is 39.8 Å². The number of carbonyl (C=O) groups excluding carboxylic acids is 1. The molecule has 0 radical (unpaired) electrons. The van der Waals surface area contributed by atoms with E-state index in [1.54, 1.807) is 19.4 Å². The second-order valence-electron chi connectivity index (χ2n) is 6.40. The van der Waals surface area contributed by atoms with Crippen LogP contribution in [0.1, 0.15) is 17.2 Å². The number of aliphatic hydroxyl groups is 1. The van der Waals surface area contributed by atoms with Crippen molar-refractivity contribution in [3.8, 4) is 5.75 Å². The van der Waals surface area contributed by atoms with Crippen LogP contribution in [-0.2, 0) is 4.79 Å². The summed E-state index contributed by atoms with van der Waals surface area (Å²) >= 11 is 1.26. The molecule has 0 saturated carbocycles. The lowest BCUT2D eigenvalue weighted by Gasteiger charge is -2.10. The molecule has 6 nitrogen and oxygen atoms in total. The van der Waals surface area contributed by atoms with Crippen LogP contribution < -0.4 is 10.1 Å². The SMILES string of the molecule is COc1ccnc2ccc(/C=C3/SC(=N[C@@H](CO)c4ccccc4)NC3=O)cc12. The normalized spacial score (nSPS) is 17.7. The number of aromatic nitrogens is 1. The number of aliphatic hydroxyl groups excluding tert-OH is 1. The van der Waals surface area contributed by atoms with Gasteiger partial charge in [0.2, 0.25) is 0 Å². The van der Waals surface area contributed by atoms with Gasteiger partial charge in [-0.3, -0.25) is 14.8 Å². The van der Waals surface area contributed by atoms with E-state index >= 15 is 0 Å². The second kappa shape index (κ2) is 8.46. The molecule has 0 aliphatic carbocycles. The first-order valence-corrected chi connectivity index (χ1v) is 9.87. The van der Waals surface area contributed by atoms with Gasteiger partial charge in [-0.15, -0.1) is 0 Å². The lowest BCUT2D eigenvalue weighted by Crippen LogP contribution is -2.21. The van der Waals surface area contributed by atoms with E-state index in [1.807, 2.05) is 54.6 Å². The standard InChI is InChI=1S/C22H19N3O3S/c1-28-19-9-10-23-17-8-7-14(11-16(17)19)12-20-21(27)25-22(29-20)24-18(13-26)15-5-3-2-4-6-15/h2-12,18,26H,13H2,1H3,(H,24,25,27)/b20-12+/t18-/m0/s1. The molecule has 29 heavy (non-hydrogen) atoms. The fourth-order valence-corrected chi connectivity index (χ4v) is 3.95. The molecule has 1 atom stereocenters. The lowest BCUT2D eigenvalue weighted by molar-refractivity contribution is -0.115. The average molecular weight is 405 g/mol. The largest absolute Gasteiger partial charge is 0.496 e. The number of amidine groups is 1. The van der Waals surface area contributed by atoms with Crippen molar-refractivity contribution in [2.24, 2.45) is 4.99 Å². The summed E-state index contributed by atoms with van der Waals surface area (Å²) in [5.74, 6) is 0.520. The van der Waals surface area contributed by atoms with Crippen LogP contribution in [0.15, 0.2) is 70.7 Å². The van der Waals surface area contributed by atoms with Crippen molar-refractivity contribution in [2.75, 3.05) is 13.7 Å². The number of nitrogens with zero attached hydrogens (tertiary/aromatic N) is 2. The predicted octanol–water partition coefficient (Wildman–Crippen LogP) is 3.54. The highest BCUT2D eigenvalue weighted by Crippen LogP contribution is 2.30. The maximum Gasteiger partial charge on any atom is 0.264 e. The van der Waals surface area contributed by atoms with E-state index in [0.717, 1.165) is 27.8 Å². The molecule has 0 spiro atoms. The molecule has 0 bridgehead atoms. The van der Waals surface area contributed by atoms with Crippen molar-refractivity contribution in [1.82, 2.24) is 10.3 Å². The number of nitrogens with one attached hydrogen (secondary N) is 1. The zero-order chi connectivity index (χ0) is 20.2. The third kappa shape index (κ3) is 4.16. The van der Waals surface area contributed by atoms with Crippen LogP contribution in [-0.4, -0.2) is 34.9 Å². The Morgan fingerprint density at radius 2 is 2.07 bits per heavy atom. The molecule has 146 valence electrons. The minimum atomic E-state index is -0.422. The lowest BCUT2D eigenvalue weighted by atomic mass is 10.1. The number of ether oxygens (including phenoxy) is 1. The van der Waals surface area contributed by atoms with Crippen LogP contribution in [0.4, 0.5) is 0 Å². The fourth-order valence-electron chi connectivity index (χ4n) is 3.08. The number of thioether (sulfide) groups is 1. The molecule has 1 fully saturated rings. The second-order valence-corrected chi connectivity index (χ2v) is 7.43. The number of rotatable bonds is 5. The van der Waals surface area contributed by atoms with Gasteiger partial charge in [0.1, 0.15) is 11.8 Å². The van der Waals surface area contributed by atoms with Gasteiger partial charge in [0.05, 0.1) is 24.1 Å². The Bertz CT molecular complexity index is 1110. The number of fused-ring (bicyclic) bond motifs is 1. The summed E-state index contributed by atoms with van der Waals surface area (Å²) in [5.41, 5.74) is 2.58. The van der Waals surface area contributed by atoms with Crippen molar-refractivity contribution in [3.63, 3.8) is 0 Å². The van der Waals surface area contributed by atoms with E-state index in [0.29, 0.717) is 10.1 Å². The van der Waals surface area contributed by atoms with Gasteiger partial charge in [-0.25, -0.2) is 0 Å². The van der Waals surface area contributed by atoms with Gasteiger partial charge in [0, 0.05) is 11.6 Å². The zero-order valence-electron chi connectivity index (χ0n) is 15.7. The highest BCUT2D eigenvalue weighted by atomic mass is 32.2. The number of aliphatic imine (C=N–C) groups is 1. The van der Waals surface area contributed by atoms with Gasteiger partial charge in [-0.2, -0.15) is 0 Å². The van der Waals surface area contributed by atoms with E-state index in [9.17, 15) is 9.90 Å². The van der Waals surface area contributed by atoms with Gasteiger partial charge >= 0.3 is 0 Å². The maximum absolute atomic E-state index is 12.4. The molecule has 2 N–H and O–H groups in total. The molecule has 4 rings (SSSR count). The van der Waals surface area contributed by atoms with Crippen molar-refractivity contribution in [3.05, 3.63) is 76.8 Å². The fraction of sp³-hybridized carbons (Fsp3) is 0.136. The molecule has 0 unspecified atom stereocenters. The van der Waals surface area contributed by atoms with Crippen LogP contribution in [0.3, 0.4) is 0 Å². The summed E-state index contributed by atoms with van der Waals surface area (Å²) in [5, 5.41) is 13.8. The number of carbonyl (C=O) groups is 1. The first-order chi connectivity index (χ1) is 14.2. The highest BCUT2D eigenvalue weighted by Gasteiger charge is 2.25. The number of hydrogen-bond acceptors (Lipinski definition) is 6. The van der Waals surface area contributed by atoms with Crippen molar-refractivity contribution in [2.45, 2.75) is 6.04 Å². The van der Waals surface area contributed by atoms with Gasteiger partial charge < -0.3 is 15.2 Å². The molecular weight excluding hydrogens is 386 g/mol. The summed E-state index contributed by atoms with van der Waals surface area (Å²) in [7, 11) is 1.62.